The fourth-order valence-corrected chi connectivity index (χ4v) is 4.32. The van der Waals surface area contributed by atoms with E-state index < -0.39 is 0 Å². The smallest absolute Gasteiger partial charge is 0.187 e. The number of hydrogen-bond donors (Lipinski definition) is 2. The van der Waals surface area contributed by atoms with Gasteiger partial charge in [-0.15, -0.1) is 11.3 Å². The number of thiazole rings is 1. The Labute approximate surface area is 185 Å². The first-order valence-electron chi connectivity index (χ1n) is 10.3. The van der Waals surface area contributed by atoms with Gasteiger partial charge in [0.05, 0.1) is 16.7 Å². The van der Waals surface area contributed by atoms with Crippen LogP contribution in [0.25, 0.3) is 33.7 Å². The van der Waals surface area contributed by atoms with Crippen LogP contribution in [0.3, 0.4) is 0 Å². The molecule has 5 nitrogen and oxygen atoms in total. The van der Waals surface area contributed by atoms with Crippen LogP contribution in [-0.2, 0) is 0 Å². The van der Waals surface area contributed by atoms with Gasteiger partial charge in [-0.3, -0.25) is 4.98 Å². The van der Waals surface area contributed by atoms with E-state index in [1.54, 1.807) is 23.7 Å². The average Bonchev–Trinajstić information content (AvgIpc) is 3.42. The lowest BCUT2D eigenvalue weighted by molar-refractivity contribution is 0.867. The van der Waals surface area contributed by atoms with Crippen LogP contribution < -0.4 is 5.32 Å². The van der Waals surface area contributed by atoms with Crippen LogP contribution in [0.5, 0.6) is 0 Å². The molecule has 0 aliphatic rings. The largest absolute Gasteiger partial charge is 0.338 e. The summed E-state index contributed by atoms with van der Waals surface area (Å²) in [6, 6.07) is 16.7. The highest BCUT2D eigenvalue weighted by atomic mass is 32.1. The minimum absolute atomic E-state index is 0.484. The van der Waals surface area contributed by atoms with E-state index in [2.05, 4.69) is 77.8 Å². The van der Waals surface area contributed by atoms with Gasteiger partial charge < -0.3 is 10.3 Å². The van der Waals surface area contributed by atoms with Gasteiger partial charge in [-0.2, -0.15) is 0 Å². The molecule has 0 bridgehead atoms. The number of nitrogens with one attached hydrogen (secondary N) is 2. The van der Waals surface area contributed by atoms with Crippen LogP contribution in [0.1, 0.15) is 30.9 Å². The standard InChI is InChI=1S/C25H23N5S/c1-15(2)18-5-4-6-19(12-18)24-27-21-11-16(3)20(13-22(21)28-24)29-25-30-23(14-31-25)17-7-9-26-10-8-17/h4-15H,1-3H3,(H,27,28)(H,29,30). The van der Waals surface area contributed by atoms with Gasteiger partial charge in [0, 0.05) is 34.6 Å². The number of imidazole rings is 1. The van der Waals surface area contributed by atoms with E-state index in [0.29, 0.717) is 5.92 Å². The fourth-order valence-electron chi connectivity index (χ4n) is 3.58. The molecule has 0 unspecified atom stereocenters. The van der Waals surface area contributed by atoms with Gasteiger partial charge in [-0.25, -0.2) is 9.97 Å². The van der Waals surface area contributed by atoms with Gasteiger partial charge in [0.15, 0.2) is 5.13 Å². The van der Waals surface area contributed by atoms with Crippen molar-refractivity contribution < 1.29 is 0 Å². The predicted octanol–water partition coefficient (Wildman–Crippen LogP) is 6.92. The number of aromatic amines is 1. The molecular formula is C25H23N5S. The third-order valence-corrected chi connectivity index (χ3v) is 6.13. The summed E-state index contributed by atoms with van der Waals surface area (Å²) in [5.41, 5.74) is 8.54. The van der Waals surface area contributed by atoms with Gasteiger partial charge in [-0.1, -0.05) is 32.0 Å². The molecule has 31 heavy (non-hydrogen) atoms. The van der Waals surface area contributed by atoms with Gasteiger partial charge in [-0.05, 0) is 54.3 Å². The highest BCUT2D eigenvalue weighted by Gasteiger charge is 2.11. The molecule has 0 amide bonds. The zero-order valence-corrected chi connectivity index (χ0v) is 18.5. The van der Waals surface area contributed by atoms with Crippen molar-refractivity contribution in [3.63, 3.8) is 0 Å². The predicted molar refractivity (Wildman–Crippen MR) is 129 cm³/mol. The minimum atomic E-state index is 0.484. The lowest BCUT2D eigenvalue weighted by atomic mass is 10.0. The van der Waals surface area contributed by atoms with Gasteiger partial charge >= 0.3 is 0 Å². The Bertz CT molecular complexity index is 1350. The molecule has 0 saturated carbocycles. The van der Waals surface area contributed by atoms with Crippen molar-refractivity contribution in [2.24, 2.45) is 0 Å². The number of H-pyrrole nitrogens is 1. The molecule has 0 fully saturated rings. The first kappa shape index (κ1) is 19.5. The molecule has 3 aromatic heterocycles. The Morgan fingerprint density at radius 3 is 2.61 bits per heavy atom. The molecule has 2 aromatic carbocycles. The van der Waals surface area contributed by atoms with Crippen LogP contribution in [0.4, 0.5) is 10.8 Å². The van der Waals surface area contributed by atoms with Crippen molar-refractivity contribution in [3.8, 4) is 22.6 Å². The van der Waals surface area contributed by atoms with Crippen molar-refractivity contribution in [1.29, 1.82) is 0 Å². The summed E-state index contributed by atoms with van der Waals surface area (Å²) < 4.78 is 0. The lowest BCUT2D eigenvalue weighted by Crippen LogP contribution is -1.93. The second-order valence-corrected chi connectivity index (χ2v) is 8.81. The molecule has 2 N–H and O–H groups in total. The van der Waals surface area contributed by atoms with E-state index in [-0.39, 0.29) is 0 Å². The molecule has 0 radical (unpaired) electrons. The van der Waals surface area contributed by atoms with E-state index >= 15 is 0 Å². The van der Waals surface area contributed by atoms with E-state index in [9.17, 15) is 0 Å². The van der Waals surface area contributed by atoms with Crippen molar-refractivity contribution in [1.82, 2.24) is 19.9 Å². The lowest BCUT2D eigenvalue weighted by Gasteiger charge is -2.06. The minimum Gasteiger partial charge on any atom is -0.338 e. The number of anilines is 2. The number of benzene rings is 2. The van der Waals surface area contributed by atoms with Gasteiger partial charge in [0.2, 0.25) is 0 Å². The van der Waals surface area contributed by atoms with Gasteiger partial charge in [0.25, 0.3) is 0 Å². The third-order valence-electron chi connectivity index (χ3n) is 5.38. The molecule has 6 heteroatoms. The van der Waals surface area contributed by atoms with E-state index in [4.69, 9.17) is 9.97 Å². The molecule has 0 aliphatic heterocycles. The Kier molecular flexibility index (Phi) is 5.00. The molecule has 5 rings (SSSR count). The van der Waals surface area contributed by atoms with Crippen molar-refractivity contribution >= 4 is 33.2 Å². The molecular weight excluding hydrogens is 402 g/mol. The summed E-state index contributed by atoms with van der Waals surface area (Å²) in [7, 11) is 0. The van der Waals surface area contributed by atoms with Crippen LogP contribution in [0, 0.1) is 6.92 Å². The average molecular weight is 426 g/mol. The Balaban J connectivity index is 1.45. The normalized spacial score (nSPS) is 11.4. The third kappa shape index (κ3) is 3.94. The topological polar surface area (TPSA) is 66.5 Å². The molecule has 0 aliphatic carbocycles. The monoisotopic (exact) mass is 425 g/mol. The zero-order valence-electron chi connectivity index (χ0n) is 17.7. The quantitative estimate of drug-likeness (QED) is 0.321. The highest BCUT2D eigenvalue weighted by molar-refractivity contribution is 7.14. The summed E-state index contributed by atoms with van der Waals surface area (Å²) >= 11 is 1.59. The summed E-state index contributed by atoms with van der Waals surface area (Å²) in [5.74, 6) is 1.38. The van der Waals surface area contributed by atoms with E-state index in [1.165, 1.54) is 5.56 Å². The number of nitrogens with zero attached hydrogens (tertiary/aromatic N) is 3. The molecule has 0 atom stereocenters. The molecule has 3 heterocycles. The summed E-state index contributed by atoms with van der Waals surface area (Å²) in [6.45, 7) is 6.51. The molecule has 154 valence electrons. The Morgan fingerprint density at radius 1 is 0.968 bits per heavy atom. The van der Waals surface area contributed by atoms with Crippen LogP contribution >= 0.6 is 11.3 Å². The zero-order chi connectivity index (χ0) is 21.4. The Hall–Kier alpha value is -3.51. The number of fused-ring (bicyclic) bond motifs is 1. The van der Waals surface area contributed by atoms with Gasteiger partial charge in [0.1, 0.15) is 5.82 Å². The first-order chi connectivity index (χ1) is 15.1. The van der Waals surface area contributed by atoms with Crippen molar-refractivity contribution in [2.45, 2.75) is 26.7 Å². The number of aromatic nitrogens is 4. The van der Waals surface area contributed by atoms with Crippen LogP contribution in [0.15, 0.2) is 66.3 Å². The summed E-state index contributed by atoms with van der Waals surface area (Å²) in [6.07, 6.45) is 3.57. The number of pyridine rings is 1. The molecule has 0 saturated heterocycles. The maximum Gasteiger partial charge on any atom is 0.187 e. The van der Waals surface area contributed by atoms with Crippen molar-refractivity contribution in [2.75, 3.05) is 5.32 Å². The Morgan fingerprint density at radius 2 is 1.81 bits per heavy atom. The van der Waals surface area contributed by atoms with Crippen LogP contribution in [0.2, 0.25) is 0 Å². The second-order valence-electron chi connectivity index (χ2n) is 7.95. The molecule has 0 spiro atoms. The van der Waals surface area contributed by atoms with Crippen molar-refractivity contribution in [3.05, 3.63) is 77.4 Å². The fraction of sp³-hybridized carbons (Fsp3) is 0.160. The number of hydrogen-bond acceptors (Lipinski definition) is 5. The summed E-state index contributed by atoms with van der Waals surface area (Å²) in [4.78, 5) is 17.1. The number of aryl methyl sites for hydroxylation is 1. The molecule has 5 aromatic rings. The van der Waals surface area contributed by atoms with E-state index in [0.717, 1.165) is 50.1 Å². The first-order valence-corrected chi connectivity index (χ1v) is 11.2. The maximum atomic E-state index is 4.86. The second kappa shape index (κ2) is 7.96. The maximum absolute atomic E-state index is 4.86. The van der Waals surface area contributed by atoms with Crippen LogP contribution in [-0.4, -0.2) is 19.9 Å². The summed E-state index contributed by atoms with van der Waals surface area (Å²) in [5, 5.41) is 6.38. The number of rotatable bonds is 5. The highest BCUT2D eigenvalue weighted by Crippen LogP contribution is 2.31. The van der Waals surface area contributed by atoms with E-state index in [1.807, 2.05) is 12.1 Å². The SMILES string of the molecule is Cc1cc2[nH]c(-c3cccc(C(C)C)c3)nc2cc1Nc1nc(-c2ccncc2)cs1.